The van der Waals surface area contributed by atoms with Gasteiger partial charge in [0.05, 0.1) is 5.52 Å². The molecule has 0 aliphatic carbocycles. The third-order valence-electron chi connectivity index (χ3n) is 3.26. The molecule has 0 fully saturated rings. The zero-order valence-electron chi connectivity index (χ0n) is 12.4. The first-order valence-corrected chi connectivity index (χ1v) is 7.18. The standard InChI is InChI=1S/C15H21ClN4/c1-10(2)13(9-20(3)4)17-14-11-7-5-6-8-12(11)18-15(16)19-14/h5-8,10,13H,9H2,1-4H3,(H,17,18,19). The van der Waals surface area contributed by atoms with Crippen LogP contribution in [0.3, 0.4) is 0 Å². The molecule has 2 aromatic rings. The molecule has 0 spiro atoms. The highest BCUT2D eigenvalue weighted by Crippen LogP contribution is 2.23. The Bertz CT molecular complexity index is 583. The Balaban J connectivity index is 2.36. The fourth-order valence-electron chi connectivity index (χ4n) is 2.15. The molecule has 20 heavy (non-hydrogen) atoms. The SMILES string of the molecule is CC(C)C(CN(C)C)Nc1nc(Cl)nc2ccccc12. The number of nitrogens with one attached hydrogen (secondary N) is 1. The lowest BCUT2D eigenvalue weighted by molar-refractivity contribution is 0.344. The van der Waals surface area contributed by atoms with E-state index in [0.717, 1.165) is 23.3 Å². The number of anilines is 1. The van der Waals surface area contributed by atoms with Crippen LogP contribution in [0.2, 0.25) is 5.28 Å². The van der Waals surface area contributed by atoms with E-state index in [0.29, 0.717) is 12.0 Å². The van der Waals surface area contributed by atoms with Crippen molar-refractivity contribution < 1.29 is 0 Å². The van der Waals surface area contributed by atoms with Crippen molar-refractivity contribution in [2.75, 3.05) is 26.0 Å². The van der Waals surface area contributed by atoms with Crippen LogP contribution in [0, 0.1) is 5.92 Å². The lowest BCUT2D eigenvalue weighted by atomic mass is 10.0. The second-order valence-electron chi connectivity index (χ2n) is 5.62. The van der Waals surface area contributed by atoms with Gasteiger partial charge < -0.3 is 10.2 Å². The van der Waals surface area contributed by atoms with Gasteiger partial charge in [-0.25, -0.2) is 9.97 Å². The van der Waals surface area contributed by atoms with Crippen LogP contribution in [0.4, 0.5) is 5.82 Å². The lowest BCUT2D eigenvalue weighted by Gasteiger charge is -2.26. The quantitative estimate of drug-likeness (QED) is 0.859. The second kappa shape index (κ2) is 6.37. The molecule has 0 aliphatic rings. The third kappa shape index (κ3) is 3.58. The molecule has 0 radical (unpaired) electrons. The summed E-state index contributed by atoms with van der Waals surface area (Å²) in [5, 5.41) is 4.79. The van der Waals surface area contributed by atoms with Crippen LogP contribution >= 0.6 is 11.6 Å². The van der Waals surface area contributed by atoms with Crippen molar-refractivity contribution in [2.45, 2.75) is 19.9 Å². The summed E-state index contributed by atoms with van der Waals surface area (Å²) in [5.74, 6) is 1.30. The highest BCUT2D eigenvalue weighted by atomic mass is 35.5. The fourth-order valence-corrected chi connectivity index (χ4v) is 2.33. The largest absolute Gasteiger partial charge is 0.365 e. The van der Waals surface area contributed by atoms with Crippen molar-refractivity contribution in [2.24, 2.45) is 5.92 Å². The van der Waals surface area contributed by atoms with E-state index in [4.69, 9.17) is 11.6 Å². The maximum atomic E-state index is 6.02. The number of halogens is 1. The molecule has 0 saturated heterocycles. The number of fused-ring (bicyclic) bond motifs is 1. The van der Waals surface area contributed by atoms with Crippen molar-refractivity contribution >= 4 is 28.3 Å². The lowest BCUT2D eigenvalue weighted by Crippen LogP contribution is -2.36. The number of hydrogen-bond acceptors (Lipinski definition) is 4. The van der Waals surface area contributed by atoms with E-state index in [9.17, 15) is 0 Å². The van der Waals surface area contributed by atoms with Crippen LogP contribution in [-0.2, 0) is 0 Å². The summed E-state index contributed by atoms with van der Waals surface area (Å²) in [4.78, 5) is 10.8. The van der Waals surface area contributed by atoms with Crippen LogP contribution in [-0.4, -0.2) is 41.5 Å². The molecule has 1 atom stereocenters. The number of likely N-dealkylation sites (N-methyl/N-ethyl adjacent to an activating group) is 1. The van der Waals surface area contributed by atoms with Crippen LogP contribution in [0.5, 0.6) is 0 Å². The van der Waals surface area contributed by atoms with Crippen molar-refractivity contribution in [1.29, 1.82) is 0 Å². The molecule has 4 nitrogen and oxygen atoms in total. The predicted molar refractivity (Wildman–Crippen MR) is 85.4 cm³/mol. The molecule has 1 N–H and O–H groups in total. The first-order chi connectivity index (χ1) is 9.47. The number of aromatic nitrogens is 2. The molecule has 1 heterocycles. The Labute approximate surface area is 125 Å². The van der Waals surface area contributed by atoms with E-state index >= 15 is 0 Å². The Hall–Kier alpha value is -1.39. The first-order valence-electron chi connectivity index (χ1n) is 6.81. The molecule has 1 aromatic carbocycles. The van der Waals surface area contributed by atoms with Crippen LogP contribution < -0.4 is 5.32 Å². The van der Waals surface area contributed by atoms with Gasteiger partial charge in [-0.05, 0) is 43.7 Å². The molecule has 0 amide bonds. The molecule has 0 bridgehead atoms. The molecule has 0 saturated carbocycles. The van der Waals surface area contributed by atoms with Gasteiger partial charge in [-0.2, -0.15) is 0 Å². The Morgan fingerprint density at radius 3 is 2.55 bits per heavy atom. The highest BCUT2D eigenvalue weighted by Gasteiger charge is 2.16. The van der Waals surface area contributed by atoms with Crippen LogP contribution in [0.25, 0.3) is 10.9 Å². The van der Waals surface area contributed by atoms with E-state index < -0.39 is 0 Å². The molecule has 1 aromatic heterocycles. The van der Waals surface area contributed by atoms with Gasteiger partial charge in [0.2, 0.25) is 5.28 Å². The van der Waals surface area contributed by atoms with E-state index in [1.807, 2.05) is 24.3 Å². The first kappa shape index (κ1) is 15.0. The number of para-hydroxylation sites is 1. The summed E-state index contributed by atoms with van der Waals surface area (Å²) in [6.45, 7) is 5.34. The Morgan fingerprint density at radius 2 is 1.90 bits per heavy atom. The highest BCUT2D eigenvalue weighted by molar-refractivity contribution is 6.28. The van der Waals surface area contributed by atoms with Crippen molar-refractivity contribution in [3.8, 4) is 0 Å². The molecule has 0 aliphatic heterocycles. The molecule has 1 unspecified atom stereocenters. The zero-order chi connectivity index (χ0) is 14.7. The van der Waals surface area contributed by atoms with Crippen molar-refractivity contribution in [1.82, 2.24) is 14.9 Å². The topological polar surface area (TPSA) is 41.0 Å². The predicted octanol–water partition coefficient (Wildman–Crippen LogP) is 3.28. The summed E-state index contributed by atoms with van der Waals surface area (Å²) in [6.07, 6.45) is 0. The van der Waals surface area contributed by atoms with Crippen molar-refractivity contribution in [3.05, 3.63) is 29.5 Å². The van der Waals surface area contributed by atoms with Gasteiger partial charge in [-0.15, -0.1) is 0 Å². The molecular formula is C15H21ClN4. The van der Waals surface area contributed by atoms with Gasteiger partial charge in [-0.1, -0.05) is 26.0 Å². The van der Waals surface area contributed by atoms with Gasteiger partial charge in [-0.3, -0.25) is 0 Å². The van der Waals surface area contributed by atoms with E-state index in [2.05, 4.69) is 48.1 Å². The van der Waals surface area contributed by atoms with Gasteiger partial charge in [0, 0.05) is 18.0 Å². The summed E-state index contributed by atoms with van der Waals surface area (Å²) >= 11 is 6.02. The van der Waals surface area contributed by atoms with Gasteiger partial charge in [0.25, 0.3) is 0 Å². The summed E-state index contributed by atoms with van der Waals surface area (Å²) < 4.78 is 0. The number of rotatable bonds is 5. The maximum absolute atomic E-state index is 6.02. The summed E-state index contributed by atoms with van der Waals surface area (Å²) in [7, 11) is 4.14. The van der Waals surface area contributed by atoms with Gasteiger partial charge >= 0.3 is 0 Å². The number of benzene rings is 1. The summed E-state index contributed by atoms with van der Waals surface area (Å²) in [6, 6.07) is 8.21. The van der Waals surface area contributed by atoms with Gasteiger partial charge in [0.1, 0.15) is 5.82 Å². The Kier molecular flexibility index (Phi) is 4.78. The maximum Gasteiger partial charge on any atom is 0.224 e. The third-order valence-corrected chi connectivity index (χ3v) is 3.43. The molecule has 5 heteroatoms. The van der Waals surface area contributed by atoms with Crippen molar-refractivity contribution in [3.63, 3.8) is 0 Å². The van der Waals surface area contributed by atoms with Crippen LogP contribution in [0.15, 0.2) is 24.3 Å². The van der Waals surface area contributed by atoms with E-state index in [1.54, 1.807) is 0 Å². The average molecular weight is 293 g/mol. The minimum atomic E-state index is 0.276. The van der Waals surface area contributed by atoms with Gasteiger partial charge in [0.15, 0.2) is 0 Å². The monoisotopic (exact) mass is 292 g/mol. The summed E-state index contributed by atoms with van der Waals surface area (Å²) in [5.41, 5.74) is 0.863. The number of hydrogen-bond donors (Lipinski definition) is 1. The minimum Gasteiger partial charge on any atom is -0.365 e. The Morgan fingerprint density at radius 1 is 1.20 bits per heavy atom. The minimum absolute atomic E-state index is 0.276. The molecule has 108 valence electrons. The average Bonchev–Trinajstić information content (AvgIpc) is 2.37. The van der Waals surface area contributed by atoms with Crippen LogP contribution in [0.1, 0.15) is 13.8 Å². The second-order valence-corrected chi connectivity index (χ2v) is 5.95. The van der Waals surface area contributed by atoms with E-state index in [1.165, 1.54) is 0 Å². The van der Waals surface area contributed by atoms with E-state index in [-0.39, 0.29) is 5.28 Å². The zero-order valence-corrected chi connectivity index (χ0v) is 13.1. The fraction of sp³-hybridized carbons (Fsp3) is 0.467. The smallest absolute Gasteiger partial charge is 0.224 e. The normalized spacial score (nSPS) is 13.2. The molecular weight excluding hydrogens is 272 g/mol. The molecule has 2 rings (SSSR count). The number of nitrogens with zero attached hydrogens (tertiary/aromatic N) is 3.